The second-order valence-corrected chi connectivity index (χ2v) is 6.52. The van der Waals surface area contributed by atoms with E-state index in [1.807, 2.05) is 0 Å². The van der Waals surface area contributed by atoms with E-state index in [-0.39, 0.29) is 49.0 Å². The van der Waals surface area contributed by atoms with Gasteiger partial charge in [-0.1, -0.05) is 23.7 Å². The zero-order valence-corrected chi connectivity index (χ0v) is 17.8. The van der Waals surface area contributed by atoms with Crippen LogP contribution in [0.5, 0.6) is 5.75 Å². The molecule has 162 valence electrons. The number of hydrogen-bond acceptors (Lipinski definition) is 7. The number of halogens is 1. The number of benzene rings is 1. The van der Waals surface area contributed by atoms with Crippen LogP contribution in [0.3, 0.4) is 0 Å². The summed E-state index contributed by atoms with van der Waals surface area (Å²) in [6, 6.07) is 7.03. The second-order valence-electron chi connectivity index (χ2n) is 6.11. The summed E-state index contributed by atoms with van der Waals surface area (Å²) in [5.74, 6) is -1.39. The molecule has 2 aromatic rings. The van der Waals surface area contributed by atoms with E-state index in [1.165, 1.54) is 6.92 Å². The van der Waals surface area contributed by atoms with Gasteiger partial charge in [-0.2, -0.15) is 0 Å². The summed E-state index contributed by atoms with van der Waals surface area (Å²) < 4.78 is 21.0. The van der Waals surface area contributed by atoms with Gasteiger partial charge in [-0.3, -0.25) is 10.1 Å². The molecule has 2 rings (SSSR count). The Bertz CT molecular complexity index is 907. The molecular formula is C21H24ClNO7. The number of hydrogen-bond donors (Lipinski definition) is 1. The van der Waals surface area contributed by atoms with Crippen molar-refractivity contribution < 1.29 is 33.0 Å². The molecule has 0 saturated heterocycles. The van der Waals surface area contributed by atoms with Crippen LogP contribution in [0.25, 0.3) is 0 Å². The first-order valence-electron chi connectivity index (χ1n) is 9.53. The molecule has 0 atom stereocenters. The van der Waals surface area contributed by atoms with Crippen molar-refractivity contribution in [1.82, 2.24) is 0 Å². The molecule has 0 radical (unpaired) electrons. The molecule has 0 aliphatic rings. The van der Waals surface area contributed by atoms with E-state index >= 15 is 0 Å². The van der Waals surface area contributed by atoms with Crippen LogP contribution in [-0.2, 0) is 14.3 Å². The Balaban J connectivity index is 2.04. The van der Waals surface area contributed by atoms with Crippen LogP contribution in [0.15, 0.2) is 28.7 Å². The summed E-state index contributed by atoms with van der Waals surface area (Å²) in [6.45, 7) is 5.27. The third-order valence-electron chi connectivity index (χ3n) is 3.94. The summed E-state index contributed by atoms with van der Waals surface area (Å²) >= 11 is 6.01. The van der Waals surface area contributed by atoms with E-state index in [9.17, 15) is 14.4 Å². The molecule has 30 heavy (non-hydrogen) atoms. The Morgan fingerprint density at radius 2 is 1.67 bits per heavy atom. The van der Waals surface area contributed by atoms with Crippen LogP contribution in [0.4, 0.5) is 5.88 Å². The maximum atomic E-state index is 12.4. The standard InChI is InChI=1S/C21H24ClNO7/c1-4-27-20(25)17-13(3)30-19(18(17)21(26)28-5-2)23-16(24)11-8-12-29-15-10-7-6-9-14(15)22/h6-7,9-10H,4-5,8,11-12H2,1-3H3,(H,23,24). The lowest BCUT2D eigenvalue weighted by Crippen LogP contribution is -2.17. The van der Waals surface area contributed by atoms with Crippen LogP contribution in [0.1, 0.15) is 53.2 Å². The molecule has 0 saturated carbocycles. The van der Waals surface area contributed by atoms with E-state index in [1.54, 1.807) is 38.1 Å². The molecule has 0 spiro atoms. The van der Waals surface area contributed by atoms with Gasteiger partial charge in [-0.25, -0.2) is 9.59 Å². The molecule has 0 aliphatic carbocycles. The van der Waals surface area contributed by atoms with Gasteiger partial charge in [0.25, 0.3) is 0 Å². The first-order valence-corrected chi connectivity index (χ1v) is 9.91. The van der Waals surface area contributed by atoms with E-state index in [0.29, 0.717) is 17.2 Å². The fourth-order valence-corrected chi connectivity index (χ4v) is 2.84. The van der Waals surface area contributed by atoms with Gasteiger partial charge in [-0.15, -0.1) is 0 Å². The Morgan fingerprint density at radius 3 is 2.30 bits per heavy atom. The van der Waals surface area contributed by atoms with E-state index in [0.717, 1.165) is 0 Å². The third kappa shape index (κ3) is 6.00. The Morgan fingerprint density at radius 1 is 1.03 bits per heavy atom. The largest absolute Gasteiger partial charge is 0.492 e. The van der Waals surface area contributed by atoms with Gasteiger partial charge in [-0.05, 0) is 39.3 Å². The number of ether oxygens (including phenoxy) is 3. The summed E-state index contributed by atoms with van der Waals surface area (Å²) in [7, 11) is 0. The zero-order chi connectivity index (χ0) is 22.1. The van der Waals surface area contributed by atoms with Gasteiger partial charge in [0, 0.05) is 6.42 Å². The molecule has 0 fully saturated rings. The molecule has 8 nitrogen and oxygen atoms in total. The van der Waals surface area contributed by atoms with Crippen LogP contribution in [0, 0.1) is 6.92 Å². The Kier molecular flexibility index (Phi) is 8.73. The predicted octanol–water partition coefficient (Wildman–Crippen LogP) is 4.39. The predicted molar refractivity (Wildman–Crippen MR) is 110 cm³/mol. The number of aryl methyl sites for hydroxylation is 1. The van der Waals surface area contributed by atoms with Crippen LogP contribution >= 0.6 is 11.6 Å². The highest BCUT2D eigenvalue weighted by Gasteiger charge is 2.31. The summed E-state index contributed by atoms with van der Waals surface area (Å²) in [5, 5.41) is 3.01. The number of para-hydroxylation sites is 1. The first-order chi connectivity index (χ1) is 14.4. The lowest BCUT2D eigenvalue weighted by Gasteiger charge is -2.08. The molecule has 1 aromatic heterocycles. The smallest absolute Gasteiger partial charge is 0.344 e. The number of carbonyl (C=O) groups is 3. The van der Waals surface area contributed by atoms with Crippen LogP contribution in [-0.4, -0.2) is 37.7 Å². The van der Waals surface area contributed by atoms with Gasteiger partial charge < -0.3 is 18.6 Å². The monoisotopic (exact) mass is 437 g/mol. The van der Waals surface area contributed by atoms with Crippen molar-refractivity contribution in [2.24, 2.45) is 0 Å². The Labute approximate surface area is 179 Å². The highest BCUT2D eigenvalue weighted by Crippen LogP contribution is 2.29. The SMILES string of the molecule is CCOC(=O)c1c(C)oc(NC(=O)CCCOc2ccccc2Cl)c1C(=O)OCC. The number of nitrogens with one attached hydrogen (secondary N) is 1. The van der Waals surface area contributed by atoms with Crippen molar-refractivity contribution in [3.05, 3.63) is 46.2 Å². The molecule has 1 heterocycles. The van der Waals surface area contributed by atoms with Gasteiger partial charge in [0.05, 0.1) is 24.8 Å². The number of furan rings is 1. The fourth-order valence-electron chi connectivity index (χ4n) is 2.65. The topological polar surface area (TPSA) is 104 Å². The summed E-state index contributed by atoms with van der Waals surface area (Å²) in [4.78, 5) is 36.9. The molecule has 1 amide bonds. The first kappa shape index (κ1) is 23.3. The number of amides is 1. The lowest BCUT2D eigenvalue weighted by molar-refractivity contribution is -0.116. The maximum Gasteiger partial charge on any atom is 0.344 e. The summed E-state index contributed by atoms with van der Waals surface area (Å²) in [6.07, 6.45) is 0.497. The second kappa shape index (κ2) is 11.3. The zero-order valence-electron chi connectivity index (χ0n) is 17.1. The normalized spacial score (nSPS) is 10.4. The molecule has 1 N–H and O–H groups in total. The number of anilines is 1. The third-order valence-corrected chi connectivity index (χ3v) is 4.25. The number of rotatable bonds is 10. The quantitative estimate of drug-likeness (QED) is 0.434. The summed E-state index contributed by atoms with van der Waals surface area (Å²) in [5.41, 5.74) is -0.221. The van der Waals surface area contributed by atoms with Gasteiger partial charge in [0.15, 0.2) is 0 Å². The fraction of sp³-hybridized carbons (Fsp3) is 0.381. The average molecular weight is 438 g/mol. The van der Waals surface area contributed by atoms with E-state index in [4.69, 9.17) is 30.2 Å². The maximum absolute atomic E-state index is 12.4. The van der Waals surface area contributed by atoms with Gasteiger partial charge >= 0.3 is 11.9 Å². The minimum atomic E-state index is -0.783. The molecule has 0 unspecified atom stereocenters. The van der Waals surface area contributed by atoms with Crippen molar-refractivity contribution in [3.8, 4) is 5.75 Å². The molecule has 9 heteroatoms. The molecule has 0 aliphatic heterocycles. The minimum Gasteiger partial charge on any atom is -0.492 e. The minimum absolute atomic E-state index is 0.0624. The van der Waals surface area contributed by atoms with Crippen molar-refractivity contribution in [2.75, 3.05) is 25.1 Å². The van der Waals surface area contributed by atoms with Crippen molar-refractivity contribution >= 4 is 35.3 Å². The average Bonchev–Trinajstić information content (AvgIpc) is 3.02. The number of esters is 2. The van der Waals surface area contributed by atoms with E-state index in [2.05, 4.69) is 5.32 Å². The van der Waals surface area contributed by atoms with Crippen LogP contribution < -0.4 is 10.1 Å². The molecule has 0 bridgehead atoms. The van der Waals surface area contributed by atoms with E-state index < -0.39 is 17.8 Å². The van der Waals surface area contributed by atoms with Crippen molar-refractivity contribution in [2.45, 2.75) is 33.6 Å². The van der Waals surface area contributed by atoms with Crippen LogP contribution in [0.2, 0.25) is 5.02 Å². The lowest BCUT2D eigenvalue weighted by atomic mass is 10.1. The number of carbonyl (C=O) groups excluding carboxylic acids is 3. The van der Waals surface area contributed by atoms with Crippen molar-refractivity contribution in [1.29, 1.82) is 0 Å². The van der Waals surface area contributed by atoms with Gasteiger partial charge in [0.2, 0.25) is 11.8 Å². The Hall–Kier alpha value is -3.00. The molecule has 1 aromatic carbocycles. The molecular weight excluding hydrogens is 414 g/mol. The highest BCUT2D eigenvalue weighted by atomic mass is 35.5. The van der Waals surface area contributed by atoms with Crippen molar-refractivity contribution in [3.63, 3.8) is 0 Å². The van der Waals surface area contributed by atoms with Gasteiger partial charge in [0.1, 0.15) is 22.6 Å². The highest BCUT2D eigenvalue weighted by molar-refractivity contribution is 6.32.